The molecule has 1 aromatic heterocycles. The zero-order chi connectivity index (χ0) is 16.7. The number of nitrogens with zero attached hydrogens (tertiary/aromatic N) is 3. The van der Waals surface area contributed by atoms with Crippen LogP contribution in [0.15, 0.2) is 41.5 Å². The molecule has 0 spiro atoms. The molecule has 0 bridgehead atoms. The van der Waals surface area contributed by atoms with Crippen LogP contribution in [0.25, 0.3) is 5.69 Å². The van der Waals surface area contributed by atoms with Crippen LogP contribution in [0.3, 0.4) is 0 Å². The average molecular weight is 317 g/mol. The van der Waals surface area contributed by atoms with Gasteiger partial charge in [-0.3, -0.25) is 4.99 Å². The molecule has 0 aliphatic rings. The van der Waals surface area contributed by atoms with E-state index in [9.17, 15) is 4.39 Å². The number of hydrogen-bond acceptors (Lipinski definition) is 2. The Hall–Kier alpha value is -2.37. The Balaban J connectivity index is 1.84. The lowest BCUT2D eigenvalue weighted by molar-refractivity contribution is 0.614. The smallest absolute Gasteiger partial charge is 0.190 e. The molecular formula is C17H24FN5. The van der Waals surface area contributed by atoms with Crippen molar-refractivity contribution in [3.63, 3.8) is 0 Å². The van der Waals surface area contributed by atoms with Crippen LogP contribution in [0.4, 0.5) is 4.39 Å². The summed E-state index contributed by atoms with van der Waals surface area (Å²) in [5, 5.41) is 11.0. The van der Waals surface area contributed by atoms with Crippen molar-refractivity contribution < 1.29 is 4.39 Å². The van der Waals surface area contributed by atoms with E-state index in [1.807, 2.05) is 12.3 Å². The van der Waals surface area contributed by atoms with Crippen LogP contribution in [-0.4, -0.2) is 35.9 Å². The van der Waals surface area contributed by atoms with Crippen molar-refractivity contribution in [2.75, 3.05) is 20.1 Å². The van der Waals surface area contributed by atoms with Gasteiger partial charge in [0.2, 0.25) is 0 Å². The number of aliphatic imine (C=N–C) groups is 1. The number of rotatable bonds is 6. The summed E-state index contributed by atoms with van der Waals surface area (Å²) in [5.74, 6) is 1.13. The van der Waals surface area contributed by atoms with Crippen molar-refractivity contribution in [2.24, 2.45) is 10.9 Å². The molecule has 0 radical (unpaired) electrons. The molecule has 1 heterocycles. The number of nitrogens with one attached hydrogen (secondary N) is 2. The first kappa shape index (κ1) is 17.0. The summed E-state index contributed by atoms with van der Waals surface area (Å²) < 4.78 is 14.7. The summed E-state index contributed by atoms with van der Waals surface area (Å²) in [7, 11) is 1.76. The Morgan fingerprint density at radius 1 is 1.22 bits per heavy atom. The van der Waals surface area contributed by atoms with Gasteiger partial charge in [0.05, 0.1) is 11.4 Å². The van der Waals surface area contributed by atoms with Crippen LogP contribution in [-0.2, 0) is 6.42 Å². The lowest BCUT2D eigenvalue weighted by Gasteiger charge is -2.12. The average Bonchev–Trinajstić information content (AvgIpc) is 3.00. The van der Waals surface area contributed by atoms with Gasteiger partial charge >= 0.3 is 0 Å². The monoisotopic (exact) mass is 317 g/mol. The zero-order valence-corrected chi connectivity index (χ0v) is 13.9. The standard InChI is InChI=1S/C17H24FN5/c1-13(2)12-21-17(19-3)20-10-8-15-9-11-23(22-15)16-6-4-14(18)5-7-16/h4-7,9,11,13H,8,10,12H2,1-3H3,(H2,19,20,21). The normalized spacial score (nSPS) is 11.8. The molecule has 1 aromatic carbocycles. The molecule has 2 aromatic rings. The van der Waals surface area contributed by atoms with Gasteiger partial charge in [0, 0.05) is 32.8 Å². The molecule has 124 valence electrons. The highest BCUT2D eigenvalue weighted by molar-refractivity contribution is 5.79. The van der Waals surface area contributed by atoms with Crippen molar-refractivity contribution in [3.05, 3.63) is 48.0 Å². The fraction of sp³-hybridized carbons (Fsp3) is 0.412. The molecule has 0 saturated carbocycles. The summed E-state index contributed by atoms with van der Waals surface area (Å²) in [5.41, 5.74) is 1.82. The minimum atomic E-state index is -0.245. The molecule has 5 nitrogen and oxygen atoms in total. The third-order valence-electron chi connectivity index (χ3n) is 3.31. The minimum Gasteiger partial charge on any atom is -0.356 e. The van der Waals surface area contributed by atoms with Crippen molar-refractivity contribution >= 4 is 5.96 Å². The van der Waals surface area contributed by atoms with E-state index in [2.05, 4.69) is 34.6 Å². The molecule has 0 aliphatic heterocycles. The van der Waals surface area contributed by atoms with Gasteiger partial charge in [-0.2, -0.15) is 5.10 Å². The molecule has 0 unspecified atom stereocenters. The van der Waals surface area contributed by atoms with Crippen LogP contribution in [0.2, 0.25) is 0 Å². The number of halogens is 1. The Bertz CT molecular complexity index is 631. The number of guanidine groups is 1. The zero-order valence-electron chi connectivity index (χ0n) is 13.9. The predicted molar refractivity (Wildman–Crippen MR) is 91.4 cm³/mol. The van der Waals surface area contributed by atoms with Crippen LogP contribution in [0.5, 0.6) is 0 Å². The maximum Gasteiger partial charge on any atom is 0.190 e. The van der Waals surface area contributed by atoms with Gasteiger partial charge < -0.3 is 10.6 Å². The van der Waals surface area contributed by atoms with E-state index in [1.54, 1.807) is 23.9 Å². The first-order valence-corrected chi connectivity index (χ1v) is 7.83. The highest BCUT2D eigenvalue weighted by atomic mass is 19.1. The van der Waals surface area contributed by atoms with E-state index >= 15 is 0 Å². The molecule has 0 fully saturated rings. The van der Waals surface area contributed by atoms with Gasteiger partial charge in [0.25, 0.3) is 0 Å². The Labute approximate surface area is 136 Å². The molecule has 0 atom stereocenters. The highest BCUT2D eigenvalue weighted by Crippen LogP contribution is 2.09. The molecule has 2 rings (SSSR count). The Kier molecular flexibility index (Phi) is 6.14. The summed E-state index contributed by atoms with van der Waals surface area (Å²) in [6.45, 7) is 5.95. The van der Waals surface area contributed by atoms with E-state index < -0.39 is 0 Å². The Morgan fingerprint density at radius 3 is 2.61 bits per heavy atom. The molecule has 2 N–H and O–H groups in total. The Morgan fingerprint density at radius 2 is 1.96 bits per heavy atom. The van der Waals surface area contributed by atoms with E-state index in [1.165, 1.54) is 12.1 Å². The van der Waals surface area contributed by atoms with Gasteiger partial charge in [0.15, 0.2) is 5.96 Å². The fourth-order valence-electron chi connectivity index (χ4n) is 2.06. The first-order valence-electron chi connectivity index (χ1n) is 7.83. The fourth-order valence-corrected chi connectivity index (χ4v) is 2.06. The summed E-state index contributed by atoms with van der Waals surface area (Å²) >= 11 is 0. The van der Waals surface area contributed by atoms with Gasteiger partial charge in [-0.25, -0.2) is 9.07 Å². The van der Waals surface area contributed by atoms with Crippen LogP contribution in [0.1, 0.15) is 19.5 Å². The SMILES string of the molecule is CN=C(NCCc1ccn(-c2ccc(F)cc2)n1)NCC(C)C. The molecule has 0 aliphatic carbocycles. The lowest BCUT2D eigenvalue weighted by Crippen LogP contribution is -2.39. The largest absolute Gasteiger partial charge is 0.356 e. The van der Waals surface area contributed by atoms with E-state index in [-0.39, 0.29) is 5.82 Å². The topological polar surface area (TPSA) is 54.2 Å². The van der Waals surface area contributed by atoms with Crippen molar-refractivity contribution in [3.8, 4) is 5.69 Å². The van der Waals surface area contributed by atoms with Crippen LogP contribution < -0.4 is 10.6 Å². The molecular weight excluding hydrogens is 293 g/mol. The van der Waals surface area contributed by atoms with E-state index in [0.29, 0.717) is 5.92 Å². The second kappa shape index (κ2) is 8.31. The van der Waals surface area contributed by atoms with Crippen molar-refractivity contribution in [1.29, 1.82) is 0 Å². The number of benzene rings is 1. The third-order valence-corrected chi connectivity index (χ3v) is 3.31. The van der Waals surface area contributed by atoms with Crippen molar-refractivity contribution in [2.45, 2.75) is 20.3 Å². The molecule has 6 heteroatoms. The quantitative estimate of drug-likeness (QED) is 0.635. The second-order valence-corrected chi connectivity index (χ2v) is 5.75. The summed E-state index contributed by atoms with van der Waals surface area (Å²) in [6, 6.07) is 8.25. The maximum atomic E-state index is 12.9. The molecule has 0 saturated heterocycles. The van der Waals surface area contributed by atoms with E-state index in [4.69, 9.17) is 0 Å². The number of aromatic nitrogens is 2. The highest BCUT2D eigenvalue weighted by Gasteiger charge is 2.03. The molecule has 23 heavy (non-hydrogen) atoms. The summed E-state index contributed by atoms with van der Waals surface area (Å²) in [4.78, 5) is 4.19. The van der Waals surface area contributed by atoms with Crippen LogP contribution in [0, 0.1) is 11.7 Å². The third kappa shape index (κ3) is 5.39. The van der Waals surface area contributed by atoms with Crippen LogP contribution >= 0.6 is 0 Å². The second-order valence-electron chi connectivity index (χ2n) is 5.75. The van der Waals surface area contributed by atoms with Gasteiger partial charge in [0.1, 0.15) is 5.82 Å². The van der Waals surface area contributed by atoms with Gasteiger partial charge in [-0.15, -0.1) is 0 Å². The summed E-state index contributed by atoms with van der Waals surface area (Å²) in [6.07, 6.45) is 2.67. The van der Waals surface area contributed by atoms with Gasteiger partial charge in [-0.1, -0.05) is 13.8 Å². The number of hydrogen-bond donors (Lipinski definition) is 2. The molecule has 0 amide bonds. The maximum absolute atomic E-state index is 12.9. The van der Waals surface area contributed by atoms with Crippen molar-refractivity contribution in [1.82, 2.24) is 20.4 Å². The lowest BCUT2D eigenvalue weighted by atomic mass is 10.2. The van der Waals surface area contributed by atoms with E-state index in [0.717, 1.165) is 36.9 Å². The predicted octanol–water partition coefficient (Wildman–Crippen LogP) is 2.37. The minimum absolute atomic E-state index is 0.245. The first-order chi connectivity index (χ1) is 11.1. The van der Waals surface area contributed by atoms with Gasteiger partial charge in [-0.05, 0) is 36.2 Å².